The molecule has 2 heterocycles. The number of rotatable bonds is 2. The maximum absolute atomic E-state index is 13.2. The molecule has 1 aromatic carbocycles. The number of anilines is 1. The van der Waals surface area contributed by atoms with Crippen LogP contribution >= 0.6 is 0 Å². The van der Waals surface area contributed by atoms with Gasteiger partial charge in [0.15, 0.2) is 6.29 Å². The fourth-order valence-corrected chi connectivity index (χ4v) is 3.78. The molecule has 0 amide bonds. The Morgan fingerprint density at radius 1 is 1.30 bits per heavy atom. The summed E-state index contributed by atoms with van der Waals surface area (Å²) >= 11 is 0. The first-order chi connectivity index (χ1) is 9.69. The summed E-state index contributed by atoms with van der Waals surface area (Å²) in [5.74, 6) is 0.315. The molecule has 2 aliphatic heterocycles. The van der Waals surface area contributed by atoms with Gasteiger partial charge in [0.25, 0.3) is 0 Å². The highest BCUT2D eigenvalue weighted by Crippen LogP contribution is 2.33. The summed E-state index contributed by atoms with van der Waals surface area (Å²) in [6.07, 6.45) is 4.38. The Morgan fingerprint density at radius 2 is 2.15 bits per heavy atom. The lowest BCUT2D eigenvalue weighted by Crippen LogP contribution is -2.52. The molecular weight excluding hydrogens is 255 g/mol. The van der Waals surface area contributed by atoms with E-state index < -0.39 is 0 Å². The van der Waals surface area contributed by atoms with Crippen molar-refractivity contribution in [1.29, 1.82) is 0 Å². The number of aldehydes is 1. The number of halogens is 1. The summed E-state index contributed by atoms with van der Waals surface area (Å²) in [6.45, 7) is 3.11. The Hall–Kier alpha value is -1.42. The van der Waals surface area contributed by atoms with Gasteiger partial charge in [-0.3, -0.25) is 4.79 Å². The molecule has 20 heavy (non-hydrogen) atoms. The van der Waals surface area contributed by atoms with Crippen LogP contribution in [0.3, 0.4) is 0 Å². The molecule has 0 bridgehead atoms. The number of carbonyl (C=O) groups excluding carboxylic acids is 1. The molecule has 2 fully saturated rings. The number of likely N-dealkylation sites (tertiary alicyclic amines) is 1. The monoisotopic (exact) mass is 276 g/mol. The van der Waals surface area contributed by atoms with Gasteiger partial charge in [-0.05, 0) is 57.0 Å². The first kappa shape index (κ1) is 13.6. The van der Waals surface area contributed by atoms with Gasteiger partial charge in [-0.15, -0.1) is 0 Å². The molecule has 108 valence electrons. The van der Waals surface area contributed by atoms with E-state index in [4.69, 9.17) is 0 Å². The minimum atomic E-state index is -0.344. The standard InChI is InChI=1S/C16H21FN2O/c1-18-7-2-3-12-10-19(8-6-15(12)18)16-5-4-14(17)9-13(16)11-20/h4-5,9,11-12,15H,2-3,6-8,10H2,1H3. The van der Waals surface area contributed by atoms with Gasteiger partial charge in [-0.1, -0.05) is 0 Å². The van der Waals surface area contributed by atoms with Gasteiger partial charge in [-0.2, -0.15) is 0 Å². The molecule has 2 aliphatic rings. The number of hydrogen-bond acceptors (Lipinski definition) is 3. The zero-order valence-electron chi connectivity index (χ0n) is 11.9. The fraction of sp³-hybridized carbons (Fsp3) is 0.562. The molecule has 0 radical (unpaired) electrons. The zero-order valence-corrected chi connectivity index (χ0v) is 11.9. The van der Waals surface area contributed by atoms with E-state index in [-0.39, 0.29) is 5.82 Å². The Labute approximate surface area is 119 Å². The number of nitrogens with zero attached hydrogens (tertiary/aromatic N) is 2. The molecular formula is C16H21FN2O. The summed E-state index contributed by atoms with van der Waals surface area (Å²) < 4.78 is 13.2. The van der Waals surface area contributed by atoms with Crippen molar-refractivity contribution < 1.29 is 9.18 Å². The Morgan fingerprint density at radius 3 is 2.95 bits per heavy atom. The normalized spacial score (nSPS) is 27.2. The minimum Gasteiger partial charge on any atom is -0.371 e. The molecule has 3 rings (SSSR count). The lowest BCUT2D eigenvalue weighted by Gasteiger charge is -2.46. The van der Waals surface area contributed by atoms with E-state index in [2.05, 4.69) is 16.8 Å². The lowest BCUT2D eigenvalue weighted by molar-refractivity contribution is 0.102. The van der Waals surface area contributed by atoms with Crippen molar-refractivity contribution in [3.05, 3.63) is 29.6 Å². The van der Waals surface area contributed by atoms with E-state index in [1.54, 1.807) is 6.07 Å². The van der Waals surface area contributed by atoms with E-state index in [9.17, 15) is 9.18 Å². The minimum absolute atomic E-state index is 0.344. The van der Waals surface area contributed by atoms with Crippen LogP contribution in [0.2, 0.25) is 0 Å². The summed E-state index contributed by atoms with van der Waals surface area (Å²) in [5.41, 5.74) is 1.35. The third-order valence-electron chi connectivity index (χ3n) is 4.80. The molecule has 2 saturated heterocycles. The Bertz CT molecular complexity index is 505. The van der Waals surface area contributed by atoms with E-state index in [1.807, 2.05) is 0 Å². The van der Waals surface area contributed by atoms with Crippen LogP contribution in [0.25, 0.3) is 0 Å². The van der Waals surface area contributed by atoms with Gasteiger partial charge in [-0.25, -0.2) is 4.39 Å². The van der Waals surface area contributed by atoms with E-state index in [0.29, 0.717) is 17.5 Å². The average Bonchev–Trinajstić information content (AvgIpc) is 2.47. The molecule has 4 heteroatoms. The summed E-state index contributed by atoms with van der Waals surface area (Å²) in [7, 11) is 2.21. The van der Waals surface area contributed by atoms with E-state index in [0.717, 1.165) is 31.5 Å². The summed E-state index contributed by atoms with van der Waals surface area (Å²) in [5, 5.41) is 0. The first-order valence-electron chi connectivity index (χ1n) is 7.39. The Kier molecular flexibility index (Phi) is 3.74. The number of piperidine rings is 2. The highest BCUT2D eigenvalue weighted by molar-refractivity contribution is 5.84. The Balaban J connectivity index is 1.81. The van der Waals surface area contributed by atoms with Crippen molar-refractivity contribution in [1.82, 2.24) is 4.90 Å². The second-order valence-electron chi connectivity index (χ2n) is 6.01. The van der Waals surface area contributed by atoms with Crippen molar-refractivity contribution in [3.8, 4) is 0 Å². The SMILES string of the molecule is CN1CCCC2CN(c3ccc(F)cc3C=O)CCC21. The van der Waals surface area contributed by atoms with Gasteiger partial charge >= 0.3 is 0 Å². The van der Waals surface area contributed by atoms with Crippen LogP contribution in [-0.2, 0) is 0 Å². The van der Waals surface area contributed by atoms with Crippen molar-refractivity contribution in [2.45, 2.75) is 25.3 Å². The predicted octanol–water partition coefficient (Wildman–Crippen LogP) is 2.56. The smallest absolute Gasteiger partial charge is 0.152 e. The van der Waals surface area contributed by atoms with Gasteiger partial charge in [0.2, 0.25) is 0 Å². The number of carbonyl (C=O) groups is 1. The van der Waals surface area contributed by atoms with E-state index >= 15 is 0 Å². The molecule has 0 spiro atoms. The molecule has 0 saturated carbocycles. The van der Waals surface area contributed by atoms with Crippen molar-refractivity contribution in [2.24, 2.45) is 5.92 Å². The molecule has 2 unspecified atom stereocenters. The number of fused-ring (bicyclic) bond motifs is 1. The van der Waals surface area contributed by atoms with Crippen LogP contribution in [0.4, 0.5) is 10.1 Å². The number of benzene rings is 1. The van der Waals surface area contributed by atoms with Gasteiger partial charge in [0.05, 0.1) is 0 Å². The maximum atomic E-state index is 13.2. The summed E-state index contributed by atoms with van der Waals surface area (Å²) in [6, 6.07) is 5.19. The average molecular weight is 276 g/mol. The molecule has 3 nitrogen and oxygen atoms in total. The first-order valence-corrected chi connectivity index (χ1v) is 7.39. The number of hydrogen-bond donors (Lipinski definition) is 0. The molecule has 0 aliphatic carbocycles. The fourth-order valence-electron chi connectivity index (χ4n) is 3.78. The quantitative estimate of drug-likeness (QED) is 0.776. The summed E-state index contributed by atoms with van der Waals surface area (Å²) in [4.78, 5) is 15.9. The van der Waals surface area contributed by atoms with Crippen molar-refractivity contribution in [3.63, 3.8) is 0 Å². The predicted molar refractivity (Wildman–Crippen MR) is 77.8 cm³/mol. The maximum Gasteiger partial charge on any atom is 0.152 e. The van der Waals surface area contributed by atoms with E-state index in [1.165, 1.54) is 31.5 Å². The molecule has 0 N–H and O–H groups in total. The van der Waals surface area contributed by atoms with Gasteiger partial charge in [0.1, 0.15) is 5.82 Å². The highest BCUT2D eigenvalue weighted by Gasteiger charge is 2.34. The molecule has 0 aromatic heterocycles. The molecule has 1 aromatic rings. The highest BCUT2D eigenvalue weighted by atomic mass is 19.1. The lowest BCUT2D eigenvalue weighted by atomic mass is 9.84. The second kappa shape index (κ2) is 5.52. The van der Waals surface area contributed by atoms with Crippen LogP contribution in [0.1, 0.15) is 29.6 Å². The zero-order chi connectivity index (χ0) is 14.1. The van der Waals surface area contributed by atoms with Crippen molar-refractivity contribution >= 4 is 12.0 Å². The largest absolute Gasteiger partial charge is 0.371 e. The van der Waals surface area contributed by atoms with Crippen molar-refractivity contribution in [2.75, 3.05) is 31.6 Å². The second-order valence-corrected chi connectivity index (χ2v) is 6.01. The van der Waals surface area contributed by atoms with Crippen LogP contribution in [0.15, 0.2) is 18.2 Å². The third-order valence-corrected chi connectivity index (χ3v) is 4.80. The van der Waals surface area contributed by atoms with Crippen LogP contribution in [-0.4, -0.2) is 43.9 Å². The van der Waals surface area contributed by atoms with Crippen LogP contribution in [0, 0.1) is 11.7 Å². The van der Waals surface area contributed by atoms with Gasteiger partial charge in [0, 0.05) is 30.4 Å². The third kappa shape index (κ3) is 2.44. The molecule has 2 atom stereocenters. The van der Waals surface area contributed by atoms with Gasteiger partial charge < -0.3 is 9.80 Å². The van der Waals surface area contributed by atoms with Crippen LogP contribution in [0.5, 0.6) is 0 Å². The van der Waals surface area contributed by atoms with Crippen LogP contribution < -0.4 is 4.90 Å². The topological polar surface area (TPSA) is 23.6 Å².